The molecule has 1 rings (SSSR count). The second-order valence-corrected chi connectivity index (χ2v) is 4.58. The maximum absolute atomic E-state index is 9.67. The minimum atomic E-state index is -3.67. The van der Waals surface area contributed by atoms with Gasteiger partial charge in [0.15, 0.2) is 0 Å². The van der Waals surface area contributed by atoms with E-state index in [1.54, 1.807) is 5.56 Å². The first-order chi connectivity index (χ1) is 6.88. The Morgan fingerprint density at radius 3 is 1.67 bits per heavy atom. The van der Waals surface area contributed by atoms with Crippen LogP contribution in [-0.4, -0.2) is 56.5 Å². The van der Waals surface area contributed by atoms with E-state index in [1.807, 2.05) is 0 Å². The summed E-state index contributed by atoms with van der Waals surface area (Å²) in [6.45, 7) is 6.61. The second kappa shape index (κ2) is 7.90. The van der Waals surface area contributed by atoms with Gasteiger partial charge >= 0.3 is 112 Å². The molecule has 0 saturated heterocycles. The van der Waals surface area contributed by atoms with Crippen LogP contribution in [-0.2, 0) is 0.515 Å². The van der Waals surface area contributed by atoms with Crippen LogP contribution in [0.25, 0.3) is 0 Å². The molecule has 0 spiro atoms. The maximum Gasteiger partial charge on any atom is 0.762 e. The molecule has 0 aliphatic carbocycles. The van der Waals surface area contributed by atoms with Crippen molar-refractivity contribution in [2.45, 2.75) is 21.3 Å². The molecule has 0 saturated carbocycles. The predicted molar refractivity (Wildman–Crippen MR) is 59.2 cm³/mol. The molecule has 1 aromatic carbocycles. The molecular weight excluding hydrogens is 227 g/mol. The van der Waals surface area contributed by atoms with Crippen molar-refractivity contribution >= 4 is 56.5 Å². The van der Waals surface area contributed by atoms with Crippen molar-refractivity contribution in [3.05, 3.63) is 34.4 Å². The summed E-state index contributed by atoms with van der Waals surface area (Å²) < 4.78 is 30.3. The van der Waals surface area contributed by atoms with E-state index in [2.05, 4.69) is 32.9 Å². The van der Waals surface area contributed by atoms with Gasteiger partial charge in [0.25, 0.3) is 0 Å². The molecular formula is C10H13BF3K. The third-order valence-corrected chi connectivity index (χ3v) is 3.30. The number of hydrogen-bond donors (Lipinski definition) is 0. The maximum atomic E-state index is 9.67. The third-order valence-electron chi connectivity index (χ3n) is 2.19. The summed E-state index contributed by atoms with van der Waals surface area (Å²) in [5.41, 5.74) is 5.95. The van der Waals surface area contributed by atoms with E-state index in [-0.39, 0.29) is 0 Å². The molecule has 0 N–H and O–H groups in total. The molecule has 0 atom stereocenters. The van der Waals surface area contributed by atoms with Gasteiger partial charge in [-0.3, -0.25) is 12.9 Å². The number of halogens is 3. The Bertz CT molecular complexity index is 290. The molecule has 0 aliphatic heterocycles. The Morgan fingerprint density at radius 1 is 1.07 bits per heavy atom. The predicted octanol–water partition coefficient (Wildman–Crippen LogP) is 3.16. The molecule has 15 heavy (non-hydrogen) atoms. The van der Waals surface area contributed by atoms with E-state index in [0.29, 0.717) is 0 Å². The minimum absolute atomic E-state index is 0.942. The number of benzene rings is 1. The first-order valence-electron chi connectivity index (χ1n) is 4.87. The summed E-state index contributed by atoms with van der Waals surface area (Å²) in [4.78, 5) is 0. The van der Waals surface area contributed by atoms with Crippen molar-refractivity contribution in [3.8, 4) is 0 Å². The Morgan fingerprint density at radius 2 is 1.40 bits per heavy atom. The van der Waals surface area contributed by atoms with Crippen LogP contribution in [0.15, 0.2) is 12.1 Å². The normalized spacial score (nSPS) is 9.33. The zero-order valence-electron chi connectivity index (χ0n) is 9.57. The van der Waals surface area contributed by atoms with E-state index >= 15 is 0 Å². The first-order valence-corrected chi connectivity index (χ1v) is 7.08. The van der Waals surface area contributed by atoms with Crippen LogP contribution in [0.1, 0.15) is 22.3 Å². The molecule has 0 radical (unpaired) electrons. The van der Waals surface area contributed by atoms with Crippen LogP contribution in [0.4, 0.5) is 12.9 Å². The summed E-state index contributed by atoms with van der Waals surface area (Å²) in [5.74, 6) is 0. The van der Waals surface area contributed by atoms with Crippen LogP contribution in [0.3, 0.4) is 0 Å². The van der Waals surface area contributed by atoms with Crippen LogP contribution in [0.5, 0.6) is 0 Å². The third kappa shape index (κ3) is 6.79. The summed E-state index contributed by atoms with van der Waals surface area (Å²) in [6.07, 6.45) is 0. The smallest absolute Gasteiger partial charge is 0.254 e. The van der Waals surface area contributed by atoms with Crippen LogP contribution in [0.2, 0.25) is 0 Å². The standard InChI is InChI=1S/C10H13.BF3.K/c1-7-5-8(2)10(4)9(3)6-7;2-1(3)4;/h5-6H,4H2,1-3H3;;. The summed E-state index contributed by atoms with van der Waals surface area (Å²) in [7, 11) is -3.67. The average Bonchev–Trinajstić information content (AvgIpc) is 2.01. The fourth-order valence-corrected chi connectivity index (χ4v) is 3.51. The van der Waals surface area contributed by atoms with Gasteiger partial charge in [0, 0.05) is 0 Å². The molecule has 0 bridgehead atoms. The number of rotatable bonds is 1. The van der Waals surface area contributed by atoms with Crippen molar-refractivity contribution in [1.82, 2.24) is 0 Å². The zero-order valence-corrected chi connectivity index (χ0v) is 12.7. The van der Waals surface area contributed by atoms with Gasteiger partial charge in [0.2, 0.25) is 0 Å². The molecule has 5 heteroatoms. The Labute approximate surface area is 123 Å². The quantitative estimate of drug-likeness (QED) is 0.661. The van der Waals surface area contributed by atoms with Gasteiger partial charge in [-0.25, -0.2) is 0 Å². The monoisotopic (exact) mass is 240 g/mol. The topological polar surface area (TPSA) is 0 Å². The molecule has 0 amide bonds. The molecule has 0 aliphatic rings. The molecule has 78 valence electrons. The molecule has 1 aromatic rings. The van der Waals surface area contributed by atoms with Crippen molar-refractivity contribution < 1.29 is 12.9 Å². The second-order valence-electron chi connectivity index (χ2n) is 3.48. The average molecular weight is 240 g/mol. The van der Waals surface area contributed by atoms with Gasteiger partial charge in [-0.15, -0.1) is 0 Å². The summed E-state index contributed by atoms with van der Waals surface area (Å²) >= 11 is 0.942. The Hall–Kier alpha value is 0.711. The SMILES string of the molecule is Cc1cc(C)c([CH2][K])c(C)c1.FB(F)F. The summed E-state index contributed by atoms with van der Waals surface area (Å²) in [5, 5.41) is 0. The molecule has 0 unspecified atom stereocenters. The van der Waals surface area contributed by atoms with E-state index in [0.717, 1.165) is 49.0 Å². The van der Waals surface area contributed by atoms with Crippen molar-refractivity contribution in [2.24, 2.45) is 0 Å². The fraction of sp³-hybridized carbons (Fsp3) is 0.400. The van der Waals surface area contributed by atoms with Gasteiger partial charge in [-0.05, 0) is 0 Å². The molecule has 0 aromatic heterocycles. The molecule has 0 heterocycles. The van der Waals surface area contributed by atoms with Crippen molar-refractivity contribution in [1.29, 1.82) is 0 Å². The molecule has 0 fully saturated rings. The van der Waals surface area contributed by atoms with Crippen molar-refractivity contribution in [3.63, 3.8) is 0 Å². The zero-order chi connectivity index (χ0) is 12.0. The van der Waals surface area contributed by atoms with Gasteiger partial charge < -0.3 is 0 Å². The van der Waals surface area contributed by atoms with Gasteiger partial charge in [-0.1, -0.05) is 0 Å². The minimum Gasteiger partial charge on any atom is -0.254 e. The van der Waals surface area contributed by atoms with Gasteiger partial charge in [0.1, 0.15) is 0 Å². The largest absolute Gasteiger partial charge is 0.762 e. The van der Waals surface area contributed by atoms with Crippen molar-refractivity contribution in [2.75, 3.05) is 0 Å². The van der Waals surface area contributed by atoms with Gasteiger partial charge in [-0.2, -0.15) is 0 Å². The van der Waals surface area contributed by atoms with Crippen LogP contribution >= 0.6 is 0 Å². The van der Waals surface area contributed by atoms with Crippen LogP contribution < -0.4 is 0 Å². The molecule has 0 nitrogen and oxygen atoms in total. The first kappa shape index (κ1) is 15.7. The Balaban J connectivity index is 0.000000423. The van der Waals surface area contributed by atoms with E-state index in [4.69, 9.17) is 0 Å². The number of aryl methyl sites for hydroxylation is 3. The van der Waals surface area contributed by atoms with Gasteiger partial charge in [0.05, 0.1) is 0 Å². The van der Waals surface area contributed by atoms with E-state index < -0.39 is 7.54 Å². The summed E-state index contributed by atoms with van der Waals surface area (Å²) in [6, 6.07) is 4.57. The fourth-order valence-electron chi connectivity index (χ4n) is 1.77. The number of hydrogen-bond acceptors (Lipinski definition) is 0. The van der Waals surface area contributed by atoms with E-state index in [1.165, 1.54) is 17.2 Å². The van der Waals surface area contributed by atoms with E-state index in [9.17, 15) is 12.9 Å². The Kier molecular flexibility index (Phi) is 8.27. The van der Waals surface area contributed by atoms with Crippen LogP contribution in [0, 0.1) is 20.8 Å².